The molecule has 4 nitrogen and oxygen atoms in total. The molecule has 1 unspecified atom stereocenters. The molecular weight excluding hydrogens is 230 g/mol. The lowest BCUT2D eigenvalue weighted by molar-refractivity contribution is 0.291. The normalized spacial score (nSPS) is 20.6. The van der Waals surface area contributed by atoms with Crippen LogP contribution in [0, 0.1) is 5.92 Å². The predicted octanol–water partition coefficient (Wildman–Crippen LogP) is 2.37. The molecule has 0 amide bonds. The first-order valence-corrected chi connectivity index (χ1v) is 9.58. The summed E-state index contributed by atoms with van der Waals surface area (Å²) in [6, 6.07) is 0.287. The van der Waals surface area contributed by atoms with Gasteiger partial charge in [-0.2, -0.15) is 0 Å². The zero-order valence-corrected chi connectivity index (χ0v) is 12.3. The van der Waals surface area contributed by atoms with E-state index in [4.69, 9.17) is 4.74 Å². The van der Waals surface area contributed by atoms with E-state index in [0.717, 1.165) is 11.6 Å². The minimum absolute atomic E-state index is 0.287. The molecule has 94 valence electrons. The van der Waals surface area contributed by atoms with Gasteiger partial charge in [0.2, 0.25) is 5.90 Å². The Kier molecular flexibility index (Phi) is 3.12. The van der Waals surface area contributed by atoms with Gasteiger partial charge in [-0.25, -0.2) is 9.98 Å². The van der Waals surface area contributed by atoms with Crippen LogP contribution < -0.4 is 0 Å². The van der Waals surface area contributed by atoms with Gasteiger partial charge in [0.15, 0.2) is 8.24 Å². The fourth-order valence-electron chi connectivity index (χ4n) is 1.86. The maximum Gasteiger partial charge on any atom is 0.234 e. The van der Waals surface area contributed by atoms with Crippen LogP contribution in [0.2, 0.25) is 19.6 Å². The van der Waals surface area contributed by atoms with E-state index < -0.39 is 8.24 Å². The van der Waals surface area contributed by atoms with Crippen LogP contribution >= 0.6 is 0 Å². The summed E-state index contributed by atoms with van der Waals surface area (Å²) in [5.74, 6) is 1.29. The molecule has 17 heavy (non-hydrogen) atoms. The molecule has 0 fully saturated rings. The summed E-state index contributed by atoms with van der Waals surface area (Å²) >= 11 is 0. The second kappa shape index (κ2) is 4.29. The molecular formula is C12H21N3OSi. The van der Waals surface area contributed by atoms with E-state index in [9.17, 15) is 0 Å². The summed E-state index contributed by atoms with van der Waals surface area (Å²) in [7, 11) is -1.45. The van der Waals surface area contributed by atoms with Crippen molar-refractivity contribution < 1.29 is 4.74 Å². The number of rotatable bonds is 3. The minimum atomic E-state index is -1.45. The number of aliphatic imine (C=N–C) groups is 1. The second-order valence-electron chi connectivity index (χ2n) is 5.88. The van der Waals surface area contributed by atoms with Crippen molar-refractivity contribution in [2.45, 2.75) is 39.5 Å². The standard InChI is InChI=1S/C12H21N3OSi/c1-9(2)10-7-16-12(14-10)11-6-13-8-15(11)17(3,4)5/h6,8-10H,7H2,1-5H3. The number of hydrogen-bond donors (Lipinski definition) is 0. The van der Waals surface area contributed by atoms with Crippen molar-refractivity contribution in [1.82, 2.24) is 9.22 Å². The van der Waals surface area contributed by atoms with Crippen LogP contribution in [0.25, 0.3) is 0 Å². The highest BCUT2D eigenvalue weighted by Crippen LogP contribution is 2.19. The summed E-state index contributed by atoms with van der Waals surface area (Å²) < 4.78 is 7.96. The van der Waals surface area contributed by atoms with Crippen molar-refractivity contribution in [3.05, 3.63) is 18.2 Å². The molecule has 5 heteroatoms. The number of imidazole rings is 1. The molecule has 0 N–H and O–H groups in total. The lowest BCUT2D eigenvalue weighted by Gasteiger charge is -2.20. The van der Waals surface area contributed by atoms with Gasteiger partial charge in [-0.3, -0.25) is 0 Å². The molecule has 1 aliphatic heterocycles. The van der Waals surface area contributed by atoms with E-state index in [1.807, 2.05) is 12.5 Å². The van der Waals surface area contributed by atoms with Crippen molar-refractivity contribution >= 4 is 14.1 Å². The van der Waals surface area contributed by atoms with Gasteiger partial charge in [0, 0.05) is 0 Å². The third kappa shape index (κ3) is 2.44. The average molecular weight is 251 g/mol. The molecule has 1 aromatic heterocycles. The Labute approximate surface area is 104 Å². The molecule has 0 aromatic carbocycles. The highest BCUT2D eigenvalue weighted by atomic mass is 28.3. The second-order valence-corrected chi connectivity index (χ2v) is 10.7. The van der Waals surface area contributed by atoms with Crippen LogP contribution in [0.4, 0.5) is 0 Å². The van der Waals surface area contributed by atoms with Crippen LogP contribution in [0.1, 0.15) is 19.5 Å². The van der Waals surface area contributed by atoms with E-state index in [2.05, 4.69) is 47.7 Å². The summed E-state index contributed by atoms with van der Waals surface area (Å²) in [5, 5.41) is 0. The van der Waals surface area contributed by atoms with Crippen LogP contribution in [0.5, 0.6) is 0 Å². The molecule has 0 saturated heterocycles. The Balaban J connectivity index is 2.31. The van der Waals surface area contributed by atoms with Gasteiger partial charge >= 0.3 is 0 Å². The molecule has 1 atom stereocenters. The molecule has 0 saturated carbocycles. The summed E-state index contributed by atoms with van der Waals surface area (Å²) in [5.41, 5.74) is 1.03. The topological polar surface area (TPSA) is 39.4 Å². The lowest BCUT2D eigenvalue weighted by Crippen LogP contribution is -2.34. The monoisotopic (exact) mass is 251 g/mol. The summed E-state index contributed by atoms with van der Waals surface area (Å²) in [6.07, 6.45) is 3.76. The lowest BCUT2D eigenvalue weighted by atomic mass is 10.1. The van der Waals surface area contributed by atoms with Crippen molar-refractivity contribution in [2.24, 2.45) is 10.9 Å². The van der Waals surface area contributed by atoms with Crippen LogP contribution in [-0.2, 0) is 4.74 Å². The maximum atomic E-state index is 5.72. The Bertz CT molecular complexity index is 431. The SMILES string of the molecule is CC(C)C1COC(c2cncn2[Si](C)(C)C)=N1. The zero-order valence-electron chi connectivity index (χ0n) is 11.3. The van der Waals surface area contributed by atoms with Crippen LogP contribution in [0.15, 0.2) is 17.5 Å². The highest BCUT2D eigenvalue weighted by Gasteiger charge is 2.28. The fraction of sp³-hybridized carbons (Fsp3) is 0.667. The van der Waals surface area contributed by atoms with Gasteiger partial charge < -0.3 is 8.97 Å². The number of hydrogen-bond acceptors (Lipinski definition) is 3. The molecule has 2 rings (SSSR count). The van der Waals surface area contributed by atoms with Crippen molar-refractivity contribution in [2.75, 3.05) is 6.61 Å². The predicted molar refractivity (Wildman–Crippen MR) is 72.1 cm³/mol. The maximum absolute atomic E-state index is 5.72. The summed E-state index contributed by atoms with van der Waals surface area (Å²) in [6.45, 7) is 11.9. The van der Waals surface area contributed by atoms with E-state index in [0.29, 0.717) is 12.5 Å². The largest absolute Gasteiger partial charge is 0.474 e. The van der Waals surface area contributed by atoms with Gasteiger partial charge in [0.25, 0.3) is 0 Å². The molecule has 1 aromatic rings. The fourth-order valence-corrected chi connectivity index (χ4v) is 3.15. The Hall–Kier alpha value is -1.10. The van der Waals surface area contributed by atoms with E-state index >= 15 is 0 Å². The minimum Gasteiger partial charge on any atom is -0.474 e. The van der Waals surface area contributed by atoms with Gasteiger partial charge in [-0.05, 0) is 5.92 Å². The highest BCUT2D eigenvalue weighted by molar-refractivity contribution is 6.74. The molecule has 0 bridgehead atoms. The third-order valence-electron chi connectivity index (χ3n) is 3.02. The third-order valence-corrected chi connectivity index (χ3v) is 4.83. The first-order chi connectivity index (χ1) is 7.89. The zero-order chi connectivity index (χ0) is 12.6. The Morgan fingerprint density at radius 1 is 1.41 bits per heavy atom. The van der Waals surface area contributed by atoms with Gasteiger partial charge in [0.05, 0.1) is 18.6 Å². The average Bonchev–Trinajstić information content (AvgIpc) is 2.85. The number of nitrogens with zero attached hydrogens (tertiary/aromatic N) is 3. The number of aromatic nitrogens is 2. The Morgan fingerprint density at radius 3 is 2.65 bits per heavy atom. The molecule has 0 aliphatic carbocycles. The van der Waals surface area contributed by atoms with Crippen molar-refractivity contribution in [1.29, 1.82) is 0 Å². The van der Waals surface area contributed by atoms with Crippen molar-refractivity contribution in [3.63, 3.8) is 0 Å². The van der Waals surface area contributed by atoms with E-state index in [1.165, 1.54) is 0 Å². The molecule has 1 aliphatic rings. The van der Waals surface area contributed by atoms with E-state index in [-0.39, 0.29) is 6.04 Å². The molecule has 0 spiro atoms. The van der Waals surface area contributed by atoms with Gasteiger partial charge in [-0.15, -0.1) is 0 Å². The van der Waals surface area contributed by atoms with Crippen molar-refractivity contribution in [3.8, 4) is 0 Å². The molecule has 0 radical (unpaired) electrons. The smallest absolute Gasteiger partial charge is 0.234 e. The van der Waals surface area contributed by atoms with Crippen LogP contribution in [-0.4, -0.2) is 36.0 Å². The van der Waals surface area contributed by atoms with Gasteiger partial charge in [0.1, 0.15) is 12.3 Å². The van der Waals surface area contributed by atoms with Gasteiger partial charge in [-0.1, -0.05) is 33.5 Å². The van der Waals surface area contributed by atoms with Crippen LogP contribution in [0.3, 0.4) is 0 Å². The first kappa shape index (κ1) is 12.4. The first-order valence-electron chi connectivity index (χ1n) is 6.13. The number of ether oxygens (including phenoxy) is 1. The Morgan fingerprint density at radius 2 is 2.12 bits per heavy atom. The quantitative estimate of drug-likeness (QED) is 0.774. The molecule has 2 heterocycles. The van der Waals surface area contributed by atoms with E-state index in [1.54, 1.807) is 0 Å². The summed E-state index contributed by atoms with van der Waals surface area (Å²) in [4.78, 5) is 8.90.